The third-order valence-corrected chi connectivity index (χ3v) is 9.67. The van der Waals surface area contributed by atoms with Crippen molar-refractivity contribution in [1.82, 2.24) is 25.1 Å². The molecule has 2 aliphatic rings. The maximum absolute atomic E-state index is 13.1. The van der Waals surface area contributed by atoms with E-state index in [1.807, 2.05) is 43.0 Å². The summed E-state index contributed by atoms with van der Waals surface area (Å²) in [5.41, 5.74) is 9.30. The fraction of sp³-hybridized carbons (Fsp3) is 0.375. The van der Waals surface area contributed by atoms with Crippen molar-refractivity contribution < 1.29 is 14.6 Å². The highest BCUT2D eigenvalue weighted by molar-refractivity contribution is 7.14. The summed E-state index contributed by atoms with van der Waals surface area (Å²) >= 11 is 1.51. The molecule has 1 aromatic carbocycles. The van der Waals surface area contributed by atoms with Crippen LogP contribution in [-0.2, 0) is 31.2 Å². The molecule has 0 saturated carbocycles. The number of aliphatic hydroxyl groups is 1. The molecule has 3 aromatic heterocycles. The van der Waals surface area contributed by atoms with E-state index in [2.05, 4.69) is 47.6 Å². The molecule has 9 heteroatoms. The normalized spacial score (nSPS) is 19.1. The van der Waals surface area contributed by atoms with E-state index in [0.29, 0.717) is 29.9 Å². The zero-order valence-corrected chi connectivity index (χ0v) is 24.7. The van der Waals surface area contributed by atoms with E-state index in [1.165, 1.54) is 21.8 Å². The number of hydrogen-bond acceptors (Lipinski definition) is 7. The number of nitrogens with one attached hydrogen (secondary N) is 1. The number of carbonyl (C=O) groups excluding carboxylic acids is 1. The first-order valence-corrected chi connectivity index (χ1v) is 14.9. The van der Waals surface area contributed by atoms with Gasteiger partial charge >= 0.3 is 0 Å². The molecular weight excluding hydrogens is 534 g/mol. The van der Waals surface area contributed by atoms with E-state index in [-0.39, 0.29) is 12.5 Å². The molecule has 8 nitrogen and oxygen atoms in total. The molecular formula is C32H35N5O3S. The van der Waals surface area contributed by atoms with E-state index >= 15 is 0 Å². The second kappa shape index (κ2) is 11.3. The Bertz CT molecular complexity index is 1610. The predicted octanol–water partition coefficient (Wildman–Crippen LogP) is 5.15. The van der Waals surface area contributed by atoms with Gasteiger partial charge in [0.1, 0.15) is 6.33 Å². The smallest absolute Gasteiger partial charge is 0.261 e. The van der Waals surface area contributed by atoms with Crippen molar-refractivity contribution in [3.63, 3.8) is 0 Å². The second-order valence-corrected chi connectivity index (χ2v) is 12.3. The van der Waals surface area contributed by atoms with Gasteiger partial charge in [-0.15, -0.1) is 11.3 Å². The molecule has 4 heterocycles. The van der Waals surface area contributed by atoms with Crippen molar-refractivity contribution in [3.8, 4) is 11.3 Å². The van der Waals surface area contributed by atoms with E-state index in [0.717, 1.165) is 57.6 Å². The lowest BCUT2D eigenvalue weighted by Gasteiger charge is -2.21. The number of nitrogens with zero attached hydrogens (tertiary/aromatic N) is 4. The number of aliphatic hydroxyl groups excluding tert-OH is 1. The van der Waals surface area contributed by atoms with E-state index < -0.39 is 6.04 Å². The second-order valence-electron chi connectivity index (χ2n) is 11.2. The van der Waals surface area contributed by atoms with Crippen LogP contribution in [0, 0.1) is 18.8 Å². The first-order chi connectivity index (χ1) is 19.8. The van der Waals surface area contributed by atoms with Crippen LogP contribution in [0.3, 0.4) is 0 Å². The van der Waals surface area contributed by atoms with Crippen LogP contribution in [0.15, 0.2) is 43.0 Å². The molecule has 0 bridgehead atoms. The molecule has 6 rings (SSSR count). The predicted molar refractivity (Wildman–Crippen MR) is 160 cm³/mol. The Morgan fingerprint density at radius 3 is 2.83 bits per heavy atom. The summed E-state index contributed by atoms with van der Waals surface area (Å²) in [5, 5.41) is 17.7. The maximum atomic E-state index is 13.1. The molecule has 2 unspecified atom stereocenters. The number of allylic oxidation sites excluding steroid dienone is 1. The quantitative estimate of drug-likeness (QED) is 0.333. The number of thiophene rings is 1. The Morgan fingerprint density at radius 2 is 2.10 bits per heavy atom. The van der Waals surface area contributed by atoms with Gasteiger partial charge in [0.15, 0.2) is 0 Å². The fourth-order valence-electron chi connectivity index (χ4n) is 5.93. The Morgan fingerprint density at radius 1 is 1.24 bits per heavy atom. The molecule has 1 aliphatic carbocycles. The average Bonchev–Trinajstić information content (AvgIpc) is 3.58. The Hall–Kier alpha value is -3.66. The molecule has 1 amide bonds. The molecule has 0 radical (unpaired) electrons. The lowest BCUT2D eigenvalue weighted by Crippen LogP contribution is -2.30. The van der Waals surface area contributed by atoms with Crippen LogP contribution in [0.4, 0.5) is 0 Å². The van der Waals surface area contributed by atoms with Crippen LogP contribution < -0.4 is 5.32 Å². The third kappa shape index (κ3) is 5.37. The molecule has 1 aliphatic heterocycles. The van der Waals surface area contributed by atoms with Crippen LogP contribution in [0.5, 0.6) is 0 Å². The molecule has 0 fully saturated rings. The number of aryl methyl sites for hydroxylation is 2. The zero-order chi connectivity index (χ0) is 28.7. The van der Waals surface area contributed by atoms with Crippen LogP contribution in [0.2, 0.25) is 0 Å². The van der Waals surface area contributed by atoms with Crippen molar-refractivity contribution in [2.45, 2.75) is 46.3 Å². The first kappa shape index (κ1) is 27.5. The fourth-order valence-corrected chi connectivity index (χ4v) is 6.98. The number of ether oxygens (including phenoxy) is 1. The number of hydrogen-bond donors (Lipinski definition) is 2. The van der Waals surface area contributed by atoms with Gasteiger partial charge in [-0.3, -0.25) is 9.48 Å². The van der Waals surface area contributed by atoms with Crippen LogP contribution in [0.25, 0.3) is 22.9 Å². The summed E-state index contributed by atoms with van der Waals surface area (Å²) in [4.78, 5) is 24.4. The van der Waals surface area contributed by atoms with Gasteiger partial charge in [0, 0.05) is 41.2 Å². The molecule has 0 spiro atoms. The number of aromatic nitrogens is 4. The van der Waals surface area contributed by atoms with Crippen LogP contribution >= 0.6 is 11.3 Å². The van der Waals surface area contributed by atoms with E-state index in [1.54, 1.807) is 6.33 Å². The van der Waals surface area contributed by atoms with Gasteiger partial charge in [0.25, 0.3) is 5.91 Å². The number of rotatable bonds is 6. The molecule has 212 valence electrons. The van der Waals surface area contributed by atoms with E-state index in [4.69, 9.17) is 9.72 Å². The summed E-state index contributed by atoms with van der Waals surface area (Å²) in [6, 6.07) is 7.52. The largest absolute Gasteiger partial charge is 0.394 e. The lowest BCUT2D eigenvalue weighted by atomic mass is 9.84. The van der Waals surface area contributed by atoms with E-state index in [9.17, 15) is 9.90 Å². The maximum Gasteiger partial charge on any atom is 0.261 e. The summed E-state index contributed by atoms with van der Waals surface area (Å²) in [7, 11) is 1.94. The molecule has 3 atom stereocenters. The minimum Gasteiger partial charge on any atom is -0.394 e. The van der Waals surface area contributed by atoms with Gasteiger partial charge < -0.3 is 15.2 Å². The van der Waals surface area contributed by atoms with Gasteiger partial charge in [-0.05, 0) is 65.7 Å². The average molecular weight is 570 g/mol. The van der Waals surface area contributed by atoms with Crippen molar-refractivity contribution in [2.24, 2.45) is 18.9 Å². The highest BCUT2D eigenvalue weighted by atomic mass is 32.1. The zero-order valence-electron chi connectivity index (χ0n) is 23.8. The van der Waals surface area contributed by atoms with Crippen molar-refractivity contribution in [2.75, 3.05) is 13.2 Å². The van der Waals surface area contributed by atoms with Gasteiger partial charge in [-0.1, -0.05) is 26.0 Å². The van der Waals surface area contributed by atoms with Crippen molar-refractivity contribution in [3.05, 3.63) is 86.3 Å². The minimum absolute atomic E-state index is 0.174. The van der Waals surface area contributed by atoms with Crippen molar-refractivity contribution >= 4 is 28.9 Å². The number of fused-ring (bicyclic) bond motifs is 2. The highest BCUT2D eigenvalue weighted by Gasteiger charge is 2.27. The SMILES string of the molecule is Cc1cc(-c2ncnc3c2C[C@@H](C)C(C)C(c2cnn(C)c2)=C3)ccc1C(CO)NC(=O)c1cc2c(s1)CCOC2. The Balaban J connectivity index is 1.29. The first-order valence-electron chi connectivity index (χ1n) is 14.1. The standard InChI is InChI=1S/C32H35N5O3S/c1-18-10-26-27(12-25(20(18)3)23-13-35-37(4)14-23)33-17-34-31(26)21-5-6-24(19(2)9-21)28(15-38)36-32(39)30-11-22-16-40-8-7-29(22)41-30/h5-6,9,11-14,17-18,20,28,38H,7-8,10,15-16H2,1-4H3,(H,36,39)/t18-,20?,28?/m1/s1. The van der Waals surface area contributed by atoms with Crippen molar-refractivity contribution in [1.29, 1.82) is 0 Å². The monoisotopic (exact) mass is 569 g/mol. The lowest BCUT2D eigenvalue weighted by molar-refractivity contribution is 0.0919. The summed E-state index contributed by atoms with van der Waals surface area (Å²) in [5.74, 6) is 0.546. The van der Waals surface area contributed by atoms with Gasteiger partial charge in [-0.2, -0.15) is 5.10 Å². The molecule has 2 N–H and O–H groups in total. The molecule has 41 heavy (non-hydrogen) atoms. The summed E-state index contributed by atoms with van der Waals surface area (Å²) in [6.07, 6.45) is 9.50. The third-order valence-electron chi connectivity index (χ3n) is 8.44. The number of carbonyl (C=O) groups is 1. The van der Waals surface area contributed by atoms with Gasteiger partial charge in [0.05, 0.1) is 48.3 Å². The Labute approximate surface area is 244 Å². The number of benzene rings is 1. The van der Waals surface area contributed by atoms with Crippen LogP contribution in [0.1, 0.15) is 67.9 Å². The topological polar surface area (TPSA) is 102 Å². The Kier molecular flexibility index (Phi) is 7.59. The van der Waals surface area contributed by atoms with Gasteiger partial charge in [-0.25, -0.2) is 9.97 Å². The molecule has 4 aromatic rings. The van der Waals surface area contributed by atoms with Crippen LogP contribution in [-0.4, -0.2) is 44.0 Å². The summed E-state index contributed by atoms with van der Waals surface area (Å²) in [6.45, 7) is 7.60. The highest BCUT2D eigenvalue weighted by Crippen LogP contribution is 2.39. The summed E-state index contributed by atoms with van der Waals surface area (Å²) < 4.78 is 7.36. The molecule has 0 saturated heterocycles. The minimum atomic E-state index is -0.514. The number of amides is 1. The van der Waals surface area contributed by atoms with Gasteiger partial charge in [0.2, 0.25) is 0 Å².